The summed E-state index contributed by atoms with van der Waals surface area (Å²) in [6.45, 7) is 0. The molecule has 0 aromatic carbocycles. The average Bonchev–Trinajstić information content (AvgIpc) is 2.73. The third kappa shape index (κ3) is 2.62. The van der Waals surface area contributed by atoms with E-state index < -0.39 is 22.8 Å². The molecule has 0 aliphatic heterocycles. The highest BCUT2D eigenvalue weighted by atomic mass is 79.9. The number of H-pyrrole nitrogens is 2. The van der Waals surface area contributed by atoms with E-state index in [0.717, 1.165) is 0 Å². The lowest BCUT2D eigenvalue weighted by atomic mass is 10.3. The fourth-order valence-electron chi connectivity index (χ4n) is 1.72. The van der Waals surface area contributed by atoms with E-state index in [0.29, 0.717) is 0 Å². The molecular formula is C11H13BrN6O4. The van der Waals surface area contributed by atoms with Crippen molar-refractivity contribution in [1.82, 2.24) is 24.9 Å². The summed E-state index contributed by atoms with van der Waals surface area (Å²) in [5.41, 5.74) is -1.38. The predicted octanol–water partition coefficient (Wildman–Crippen LogP) is -0.290. The number of hydrogen-bond acceptors (Lipinski definition) is 6. The molecule has 2 heterocycles. The van der Waals surface area contributed by atoms with Gasteiger partial charge in [-0.25, -0.2) is 0 Å². The lowest BCUT2D eigenvalue weighted by Crippen LogP contribution is -2.24. The summed E-state index contributed by atoms with van der Waals surface area (Å²) in [6, 6.07) is 0. The SMILES string of the molecule is CN(C)C(=O)c1c(O)c(Nc2c(Br)c(=O)[nH][nH]c2=O)nn1C. The third-order valence-electron chi connectivity index (χ3n) is 2.81. The Morgan fingerprint density at radius 1 is 1.32 bits per heavy atom. The number of amides is 1. The number of aromatic hydroxyl groups is 1. The van der Waals surface area contributed by atoms with Crippen LogP contribution in [0.1, 0.15) is 10.5 Å². The van der Waals surface area contributed by atoms with Gasteiger partial charge in [-0.15, -0.1) is 0 Å². The quantitative estimate of drug-likeness (QED) is 0.584. The van der Waals surface area contributed by atoms with Gasteiger partial charge in [0.1, 0.15) is 10.2 Å². The molecule has 0 aliphatic carbocycles. The number of halogens is 1. The van der Waals surface area contributed by atoms with Crippen LogP contribution in [-0.2, 0) is 7.05 Å². The lowest BCUT2D eigenvalue weighted by molar-refractivity contribution is 0.0814. The highest BCUT2D eigenvalue weighted by Crippen LogP contribution is 2.30. The van der Waals surface area contributed by atoms with Crippen LogP contribution in [0.25, 0.3) is 0 Å². The van der Waals surface area contributed by atoms with Crippen molar-refractivity contribution in [2.75, 3.05) is 19.4 Å². The highest BCUT2D eigenvalue weighted by molar-refractivity contribution is 9.10. The van der Waals surface area contributed by atoms with Crippen molar-refractivity contribution in [1.29, 1.82) is 0 Å². The van der Waals surface area contributed by atoms with E-state index >= 15 is 0 Å². The number of nitrogens with one attached hydrogen (secondary N) is 3. The Morgan fingerprint density at radius 3 is 2.50 bits per heavy atom. The van der Waals surface area contributed by atoms with Crippen LogP contribution in [0.15, 0.2) is 14.1 Å². The first-order valence-electron chi connectivity index (χ1n) is 5.99. The van der Waals surface area contributed by atoms with Gasteiger partial charge in [0.05, 0.1) is 0 Å². The fourth-order valence-corrected chi connectivity index (χ4v) is 2.10. The summed E-state index contributed by atoms with van der Waals surface area (Å²) in [4.78, 5) is 36.5. The van der Waals surface area contributed by atoms with Crippen LogP contribution < -0.4 is 16.4 Å². The van der Waals surface area contributed by atoms with Crippen LogP contribution in [-0.4, -0.2) is 50.0 Å². The number of carbonyl (C=O) groups excluding carboxylic acids is 1. The minimum absolute atomic E-state index is 0.0510. The predicted molar refractivity (Wildman–Crippen MR) is 81.6 cm³/mol. The Bertz CT molecular complexity index is 849. The van der Waals surface area contributed by atoms with Gasteiger partial charge in [-0.05, 0) is 15.9 Å². The highest BCUT2D eigenvalue weighted by Gasteiger charge is 2.24. The number of nitrogens with zero attached hydrogens (tertiary/aromatic N) is 3. The van der Waals surface area contributed by atoms with Crippen molar-refractivity contribution >= 4 is 33.3 Å². The number of hydrogen-bond donors (Lipinski definition) is 4. The number of aromatic nitrogens is 4. The molecule has 0 saturated heterocycles. The molecule has 2 aromatic heterocycles. The number of aromatic amines is 2. The van der Waals surface area contributed by atoms with E-state index in [9.17, 15) is 19.5 Å². The van der Waals surface area contributed by atoms with Gasteiger partial charge in [-0.1, -0.05) is 0 Å². The second-order valence-corrected chi connectivity index (χ2v) is 5.38. The summed E-state index contributed by atoms with van der Waals surface area (Å²) >= 11 is 2.97. The second-order valence-electron chi connectivity index (χ2n) is 4.59. The summed E-state index contributed by atoms with van der Waals surface area (Å²) < 4.78 is 1.12. The molecule has 22 heavy (non-hydrogen) atoms. The molecule has 2 rings (SSSR count). The maximum atomic E-state index is 12.0. The zero-order valence-corrected chi connectivity index (χ0v) is 13.5. The van der Waals surface area contributed by atoms with Gasteiger partial charge in [-0.3, -0.25) is 29.3 Å². The van der Waals surface area contributed by atoms with Crippen molar-refractivity contribution < 1.29 is 9.90 Å². The van der Waals surface area contributed by atoms with Gasteiger partial charge in [0, 0.05) is 21.1 Å². The van der Waals surface area contributed by atoms with Gasteiger partial charge >= 0.3 is 0 Å². The first kappa shape index (κ1) is 15.8. The molecule has 0 aliphatic rings. The Labute approximate surface area is 131 Å². The minimum Gasteiger partial charge on any atom is -0.503 e. The standard InChI is InChI=1S/C11H13BrN6O4/c1-17(2)11(22)6-7(19)8(16-18(6)3)13-5-4(12)9(20)14-15-10(5)21/h19H,1-3H3,(H,15,21)(H2,13,14,16,20). The largest absolute Gasteiger partial charge is 0.503 e. The summed E-state index contributed by atoms with van der Waals surface area (Å²) in [5.74, 6) is -1.00. The molecule has 0 saturated carbocycles. The van der Waals surface area contributed by atoms with Crippen molar-refractivity contribution in [2.24, 2.45) is 7.05 Å². The van der Waals surface area contributed by atoms with Gasteiger partial charge in [0.2, 0.25) is 0 Å². The second kappa shape index (κ2) is 5.67. The zero-order valence-electron chi connectivity index (χ0n) is 11.9. The summed E-state index contributed by atoms with van der Waals surface area (Å²) in [5, 5.41) is 20.9. The molecule has 11 heteroatoms. The van der Waals surface area contributed by atoms with Crippen molar-refractivity contribution in [3.8, 4) is 5.75 Å². The summed E-state index contributed by atoms with van der Waals surface area (Å²) in [6.07, 6.45) is 0. The average molecular weight is 373 g/mol. The van der Waals surface area contributed by atoms with Crippen molar-refractivity contribution in [3.05, 3.63) is 30.9 Å². The molecule has 0 unspecified atom stereocenters. The number of anilines is 2. The Kier molecular flexibility index (Phi) is 4.08. The van der Waals surface area contributed by atoms with Crippen LogP contribution in [0, 0.1) is 0 Å². The summed E-state index contributed by atoms with van der Waals surface area (Å²) in [7, 11) is 4.53. The van der Waals surface area contributed by atoms with E-state index in [2.05, 4.69) is 36.5 Å². The van der Waals surface area contributed by atoms with Gasteiger partial charge in [0.25, 0.3) is 17.0 Å². The topological polar surface area (TPSA) is 136 Å². The van der Waals surface area contributed by atoms with E-state index in [1.165, 1.54) is 30.7 Å². The normalized spacial score (nSPS) is 10.5. The van der Waals surface area contributed by atoms with Crippen LogP contribution in [0.2, 0.25) is 0 Å². The fraction of sp³-hybridized carbons (Fsp3) is 0.273. The molecule has 0 radical (unpaired) electrons. The van der Waals surface area contributed by atoms with Crippen molar-refractivity contribution in [3.63, 3.8) is 0 Å². The smallest absolute Gasteiger partial charge is 0.287 e. The number of carbonyl (C=O) groups is 1. The zero-order chi connectivity index (χ0) is 16.6. The Morgan fingerprint density at radius 2 is 1.91 bits per heavy atom. The van der Waals surface area contributed by atoms with Crippen LogP contribution >= 0.6 is 15.9 Å². The monoisotopic (exact) mass is 372 g/mol. The number of aryl methyl sites for hydroxylation is 1. The molecule has 0 atom stereocenters. The molecule has 1 amide bonds. The minimum atomic E-state index is -0.628. The van der Waals surface area contributed by atoms with Crippen LogP contribution in [0.5, 0.6) is 5.75 Å². The Balaban J connectivity index is 2.52. The molecule has 0 spiro atoms. The molecule has 0 bridgehead atoms. The number of rotatable bonds is 3. The molecular weight excluding hydrogens is 360 g/mol. The maximum absolute atomic E-state index is 12.0. The third-order valence-corrected chi connectivity index (χ3v) is 3.57. The maximum Gasteiger partial charge on any atom is 0.287 e. The van der Waals surface area contributed by atoms with Gasteiger partial charge < -0.3 is 15.3 Å². The molecule has 10 nitrogen and oxygen atoms in total. The van der Waals surface area contributed by atoms with Crippen LogP contribution in [0.3, 0.4) is 0 Å². The van der Waals surface area contributed by atoms with Crippen molar-refractivity contribution in [2.45, 2.75) is 0 Å². The van der Waals surface area contributed by atoms with Gasteiger partial charge in [0.15, 0.2) is 17.3 Å². The first-order chi connectivity index (χ1) is 10.2. The Hall–Kier alpha value is -2.56. The molecule has 2 aromatic rings. The first-order valence-corrected chi connectivity index (χ1v) is 6.78. The van der Waals surface area contributed by atoms with Crippen LogP contribution in [0.4, 0.5) is 11.5 Å². The van der Waals surface area contributed by atoms with Gasteiger partial charge in [-0.2, -0.15) is 5.10 Å². The van der Waals surface area contributed by atoms with E-state index in [4.69, 9.17) is 0 Å². The molecule has 4 N–H and O–H groups in total. The van der Waals surface area contributed by atoms with E-state index in [-0.39, 0.29) is 21.7 Å². The molecule has 0 fully saturated rings. The van der Waals surface area contributed by atoms with E-state index in [1.807, 2.05) is 0 Å². The van der Waals surface area contributed by atoms with E-state index in [1.54, 1.807) is 0 Å². The lowest BCUT2D eigenvalue weighted by Gasteiger charge is -2.10. The molecule has 118 valence electrons.